The van der Waals surface area contributed by atoms with Gasteiger partial charge in [0.25, 0.3) is 0 Å². The Hall–Kier alpha value is -2.40. The Kier molecular flexibility index (Phi) is 3.71. The summed E-state index contributed by atoms with van der Waals surface area (Å²) >= 11 is 0. The van der Waals surface area contributed by atoms with Crippen LogP contribution in [0.15, 0.2) is 53.2 Å². The van der Waals surface area contributed by atoms with E-state index >= 15 is 0 Å². The molecule has 118 valence electrons. The number of aromatic amines is 1. The van der Waals surface area contributed by atoms with Crippen molar-refractivity contribution in [3.8, 4) is 11.3 Å². The third kappa shape index (κ3) is 2.92. The number of H-pyrrole nitrogens is 1. The Morgan fingerprint density at radius 2 is 2.13 bits per heavy atom. The fourth-order valence-corrected chi connectivity index (χ4v) is 3.22. The summed E-state index contributed by atoms with van der Waals surface area (Å²) < 4.78 is 18.9. The zero-order valence-electron chi connectivity index (χ0n) is 12.7. The predicted octanol–water partition coefficient (Wildman–Crippen LogP) is 4.15. The molecule has 2 aromatic heterocycles. The number of halogens is 1. The molecule has 3 heterocycles. The standard InChI is InChI=1S/C18H18FN3O/c19-14-7-5-13(6-8-14)17-11-21-18(23-17)12-22-10-2-4-16(22)15-3-1-9-20-15/h1,3,5-9,11,16,20H,2,4,10,12H2. The van der Waals surface area contributed by atoms with Crippen LogP contribution in [-0.4, -0.2) is 21.4 Å². The van der Waals surface area contributed by atoms with E-state index in [-0.39, 0.29) is 5.82 Å². The summed E-state index contributed by atoms with van der Waals surface area (Å²) in [7, 11) is 0. The van der Waals surface area contributed by atoms with Crippen molar-refractivity contribution < 1.29 is 8.81 Å². The molecule has 0 bridgehead atoms. The van der Waals surface area contributed by atoms with Crippen LogP contribution in [0.25, 0.3) is 11.3 Å². The van der Waals surface area contributed by atoms with E-state index in [4.69, 9.17) is 4.42 Å². The van der Waals surface area contributed by atoms with Crippen molar-refractivity contribution in [3.05, 3.63) is 66.2 Å². The van der Waals surface area contributed by atoms with Crippen LogP contribution in [0.1, 0.15) is 30.5 Å². The lowest BCUT2D eigenvalue weighted by Gasteiger charge is -2.21. The molecule has 4 nitrogen and oxygen atoms in total. The summed E-state index contributed by atoms with van der Waals surface area (Å²) in [6, 6.07) is 10.8. The van der Waals surface area contributed by atoms with Crippen molar-refractivity contribution in [3.63, 3.8) is 0 Å². The van der Waals surface area contributed by atoms with Crippen molar-refractivity contribution in [1.29, 1.82) is 0 Å². The Balaban J connectivity index is 1.50. The first-order chi connectivity index (χ1) is 11.3. The summed E-state index contributed by atoms with van der Waals surface area (Å²) in [6.45, 7) is 1.73. The smallest absolute Gasteiger partial charge is 0.209 e. The van der Waals surface area contributed by atoms with E-state index in [0.29, 0.717) is 24.2 Å². The molecule has 4 rings (SSSR count). The predicted molar refractivity (Wildman–Crippen MR) is 85.1 cm³/mol. The number of aromatic nitrogens is 2. The second-order valence-electron chi connectivity index (χ2n) is 5.88. The summed E-state index contributed by atoms with van der Waals surface area (Å²) in [5.41, 5.74) is 2.08. The van der Waals surface area contributed by atoms with Gasteiger partial charge in [-0.15, -0.1) is 0 Å². The molecule has 0 amide bonds. The molecule has 1 N–H and O–H groups in total. The SMILES string of the molecule is Fc1ccc(-c2cnc(CN3CCCC3c3ccc[nH]3)o2)cc1. The number of oxazole rings is 1. The van der Waals surface area contributed by atoms with Gasteiger partial charge in [-0.25, -0.2) is 9.37 Å². The van der Waals surface area contributed by atoms with Crippen molar-refractivity contribution in [1.82, 2.24) is 14.9 Å². The van der Waals surface area contributed by atoms with E-state index in [1.165, 1.54) is 24.2 Å². The Labute approximate surface area is 134 Å². The minimum atomic E-state index is -0.251. The fraction of sp³-hybridized carbons (Fsp3) is 0.278. The lowest BCUT2D eigenvalue weighted by Crippen LogP contribution is -2.23. The van der Waals surface area contributed by atoms with Gasteiger partial charge in [0.15, 0.2) is 5.76 Å². The highest BCUT2D eigenvalue weighted by Gasteiger charge is 2.27. The van der Waals surface area contributed by atoms with Crippen LogP contribution >= 0.6 is 0 Å². The molecule has 1 fully saturated rings. The van der Waals surface area contributed by atoms with Gasteiger partial charge in [0, 0.05) is 17.5 Å². The number of hydrogen-bond acceptors (Lipinski definition) is 3. The Morgan fingerprint density at radius 1 is 1.26 bits per heavy atom. The number of benzene rings is 1. The summed E-state index contributed by atoms with van der Waals surface area (Å²) in [4.78, 5) is 10.1. The number of nitrogens with one attached hydrogen (secondary N) is 1. The maximum absolute atomic E-state index is 13.0. The molecule has 1 unspecified atom stereocenters. The van der Waals surface area contributed by atoms with Crippen LogP contribution in [0.4, 0.5) is 4.39 Å². The highest BCUT2D eigenvalue weighted by atomic mass is 19.1. The van der Waals surface area contributed by atoms with Crippen LogP contribution in [0.2, 0.25) is 0 Å². The van der Waals surface area contributed by atoms with E-state index in [2.05, 4.69) is 20.9 Å². The van der Waals surface area contributed by atoms with Crippen molar-refractivity contribution in [2.75, 3.05) is 6.54 Å². The fourth-order valence-electron chi connectivity index (χ4n) is 3.22. The zero-order chi connectivity index (χ0) is 15.6. The van der Waals surface area contributed by atoms with Crippen LogP contribution in [0.3, 0.4) is 0 Å². The largest absolute Gasteiger partial charge is 0.439 e. The maximum Gasteiger partial charge on any atom is 0.209 e. The van der Waals surface area contributed by atoms with Gasteiger partial charge in [0.2, 0.25) is 5.89 Å². The van der Waals surface area contributed by atoms with Crippen LogP contribution in [-0.2, 0) is 6.54 Å². The maximum atomic E-state index is 13.0. The molecule has 0 saturated carbocycles. The molecular formula is C18H18FN3O. The molecule has 23 heavy (non-hydrogen) atoms. The van der Waals surface area contributed by atoms with Gasteiger partial charge in [-0.3, -0.25) is 4.90 Å². The van der Waals surface area contributed by atoms with Crippen molar-refractivity contribution in [2.24, 2.45) is 0 Å². The summed E-state index contributed by atoms with van der Waals surface area (Å²) in [5.74, 6) is 1.12. The molecule has 1 aliphatic heterocycles. The second kappa shape index (κ2) is 6.01. The van der Waals surface area contributed by atoms with Crippen molar-refractivity contribution in [2.45, 2.75) is 25.4 Å². The van der Waals surface area contributed by atoms with Gasteiger partial charge in [0.1, 0.15) is 5.82 Å². The zero-order valence-corrected chi connectivity index (χ0v) is 12.7. The van der Waals surface area contributed by atoms with Gasteiger partial charge >= 0.3 is 0 Å². The average Bonchev–Trinajstić information content (AvgIpc) is 3.29. The average molecular weight is 311 g/mol. The van der Waals surface area contributed by atoms with Gasteiger partial charge in [-0.2, -0.15) is 0 Å². The van der Waals surface area contributed by atoms with E-state index in [9.17, 15) is 4.39 Å². The first-order valence-electron chi connectivity index (χ1n) is 7.87. The van der Waals surface area contributed by atoms with E-state index in [0.717, 1.165) is 18.5 Å². The molecule has 1 atom stereocenters. The quantitative estimate of drug-likeness (QED) is 0.787. The monoisotopic (exact) mass is 311 g/mol. The molecule has 0 aliphatic carbocycles. The molecule has 3 aromatic rings. The molecule has 1 aromatic carbocycles. The molecule has 1 saturated heterocycles. The summed E-state index contributed by atoms with van der Waals surface area (Å²) in [6.07, 6.45) is 5.99. The van der Waals surface area contributed by atoms with Gasteiger partial charge in [0.05, 0.1) is 18.8 Å². The molecular weight excluding hydrogens is 293 g/mol. The number of nitrogens with zero attached hydrogens (tertiary/aromatic N) is 2. The topological polar surface area (TPSA) is 45.1 Å². The van der Waals surface area contributed by atoms with E-state index in [1.807, 2.05) is 12.3 Å². The number of rotatable bonds is 4. The lowest BCUT2D eigenvalue weighted by atomic mass is 10.1. The molecule has 5 heteroatoms. The van der Waals surface area contributed by atoms with E-state index < -0.39 is 0 Å². The highest BCUT2D eigenvalue weighted by molar-refractivity contribution is 5.55. The van der Waals surface area contributed by atoms with Crippen LogP contribution in [0, 0.1) is 5.82 Å². The minimum absolute atomic E-state index is 0.251. The minimum Gasteiger partial charge on any atom is -0.439 e. The third-order valence-corrected chi connectivity index (χ3v) is 4.37. The number of hydrogen-bond donors (Lipinski definition) is 1. The van der Waals surface area contributed by atoms with Gasteiger partial charge in [-0.1, -0.05) is 0 Å². The summed E-state index contributed by atoms with van der Waals surface area (Å²) in [5, 5.41) is 0. The Bertz CT molecular complexity index is 764. The molecule has 0 radical (unpaired) electrons. The van der Waals surface area contributed by atoms with Crippen LogP contribution < -0.4 is 0 Å². The van der Waals surface area contributed by atoms with Crippen LogP contribution in [0.5, 0.6) is 0 Å². The third-order valence-electron chi connectivity index (χ3n) is 4.37. The molecule has 1 aliphatic rings. The van der Waals surface area contributed by atoms with E-state index in [1.54, 1.807) is 18.3 Å². The first-order valence-corrected chi connectivity index (χ1v) is 7.87. The Morgan fingerprint density at radius 3 is 2.91 bits per heavy atom. The van der Waals surface area contributed by atoms with Gasteiger partial charge < -0.3 is 9.40 Å². The molecule has 0 spiro atoms. The lowest BCUT2D eigenvalue weighted by molar-refractivity contribution is 0.221. The van der Waals surface area contributed by atoms with Crippen molar-refractivity contribution >= 4 is 0 Å². The first kappa shape index (κ1) is 14.2. The van der Waals surface area contributed by atoms with Gasteiger partial charge in [-0.05, 0) is 55.8 Å². The highest BCUT2D eigenvalue weighted by Crippen LogP contribution is 2.32. The number of likely N-dealkylation sites (tertiary alicyclic amines) is 1. The normalized spacial score (nSPS) is 18.6. The second-order valence-corrected chi connectivity index (χ2v) is 5.88.